The Balaban J connectivity index is 2.18. The van der Waals surface area contributed by atoms with E-state index in [-0.39, 0.29) is 0 Å². The van der Waals surface area contributed by atoms with Gasteiger partial charge in [-0.3, -0.25) is 0 Å². The highest BCUT2D eigenvalue weighted by molar-refractivity contribution is 5.79. The molecule has 3 heteroatoms. The third-order valence-electron chi connectivity index (χ3n) is 2.50. The first kappa shape index (κ1) is 9.93. The number of hydrogen-bond acceptors (Lipinski definition) is 2. The lowest BCUT2D eigenvalue weighted by Gasteiger charge is -2.07. The van der Waals surface area contributed by atoms with E-state index in [4.69, 9.17) is 0 Å². The summed E-state index contributed by atoms with van der Waals surface area (Å²) >= 11 is 0. The number of H-pyrrole nitrogens is 1. The summed E-state index contributed by atoms with van der Waals surface area (Å²) < 4.78 is 0. The molecule has 0 radical (unpaired) electrons. The average molecular weight is 201 g/mol. The lowest BCUT2D eigenvalue weighted by Crippen LogP contribution is -2.22. The molecule has 0 bridgehead atoms. The van der Waals surface area contributed by atoms with Crippen LogP contribution in [0.1, 0.15) is 12.5 Å². The fourth-order valence-electron chi connectivity index (χ4n) is 1.51. The van der Waals surface area contributed by atoms with Crippen LogP contribution in [0, 0.1) is 0 Å². The van der Waals surface area contributed by atoms with E-state index in [2.05, 4.69) is 34.9 Å². The summed E-state index contributed by atoms with van der Waals surface area (Å²) in [5, 5.41) is 4.54. The van der Waals surface area contributed by atoms with Gasteiger partial charge in [0.2, 0.25) is 0 Å². The van der Waals surface area contributed by atoms with Crippen molar-refractivity contribution in [1.82, 2.24) is 15.3 Å². The van der Waals surface area contributed by atoms with Gasteiger partial charge < -0.3 is 10.3 Å². The molecule has 0 aliphatic heterocycles. The highest BCUT2D eigenvalue weighted by atomic mass is 14.9. The zero-order chi connectivity index (χ0) is 10.7. The van der Waals surface area contributed by atoms with E-state index in [0.29, 0.717) is 6.04 Å². The molecule has 0 spiro atoms. The van der Waals surface area contributed by atoms with Crippen LogP contribution in [-0.4, -0.2) is 16.0 Å². The topological polar surface area (TPSA) is 40.7 Å². The summed E-state index contributed by atoms with van der Waals surface area (Å²) in [7, 11) is 0. The zero-order valence-corrected chi connectivity index (χ0v) is 8.83. The zero-order valence-electron chi connectivity index (χ0n) is 8.83. The van der Waals surface area contributed by atoms with Crippen molar-refractivity contribution in [3.05, 3.63) is 42.7 Å². The van der Waals surface area contributed by atoms with Gasteiger partial charge in [-0.2, -0.15) is 0 Å². The Hall–Kier alpha value is -1.61. The monoisotopic (exact) mass is 201 g/mol. The van der Waals surface area contributed by atoms with E-state index >= 15 is 0 Å². The molecule has 0 saturated heterocycles. The Morgan fingerprint density at radius 2 is 2.53 bits per heavy atom. The first-order valence-corrected chi connectivity index (χ1v) is 5.08. The quantitative estimate of drug-likeness (QED) is 0.745. The molecule has 2 rings (SSSR count). The van der Waals surface area contributed by atoms with Gasteiger partial charge in [0.1, 0.15) is 5.65 Å². The van der Waals surface area contributed by atoms with Crippen molar-refractivity contribution in [2.24, 2.45) is 0 Å². The summed E-state index contributed by atoms with van der Waals surface area (Å²) in [6, 6.07) is 4.36. The molecule has 1 atom stereocenters. The van der Waals surface area contributed by atoms with Gasteiger partial charge in [-0.1, -0.05) is 6.08 Å². The van der Waals surface area contributed by atoms with Crippen LogP contribution in [-0.2, 0) is 6.54 Å². The predicted molar refractivity (Wildman–Crippen MR) is 62.6 cm³/mol. The Bertz CT molecular complexity index is 459. The third kappa shape index (κ3) is 2.07. The van der Waals surface area contributed by atoms with Gasteiger partial charge in [0.25, 0.3) is 0 Å². The van der Waals surface area contributed by atoms with E-state index in [0.717, 1.165) is 12.2 Å². The van der Waals surface area contributed by atoms with Crippen LogP contribution < -0.4 is 5.32 Å². The molecule has 2 N–H and O–H groups in total. The SMILES string of the molecule is C=CC(C)NCc1c[nH]c2ncccc12. The van der Waals surface area contributed by atoms with Crippen molar-refractivity contribution in [1.29, 1.82) is 0 Å². The minimum Gasteiger partial charge on any atom is -0.346 e. The Morgan fingerprint density at radius 1 is 1.67 bits per heavy atom. The van der Waals surface area contributed by atoms with Crippen molar-refractivity contribution >= 4 is 11.0 Å². The number of rotatable bonds is 4. The van der Waals surface area contributed by atoms with E-state index in [1.165, 1.54) is 10.9 Å². The first-order valence-electron chi connectivity index (χ1n) is 5.08. The van der Waals surface area contributed by atoms with E-state index in [1.807, 2.05) is 18.3 Å². The second-order valence-electron chi connectivity index (χ2n) is 3.62. The number of aromatic amines is 1. The van der Waals surface area contributed by atoms with Gasteiger partial charge in [0.15, 0.2) is 0 Å². The normalized spacial score (nSPS) is 12.9. The molecule has 3 nitrogen and oxygen atoms in total. The fraction of sp³-hybridized carbons (Fsp3) is 0.250. The van der Waals surface area contributed by atoms with Crippen molar-refractivity contribution in [2.45, 2.75) is 19.5 Å². The number of hydrogen-bond donors (Lipinski definition) is 2. The largest absolute Gasteiger partial charge is 0.346 e. The maximum atomic E-state index is 4.25. The van der Waals surface area contributed by atoms with Crippen molar-refractivity contribution in [3.63, 3.8) is 0 Å². The second kappa shape index (κ2) is 4.28. The summed E-state index contributed by atoms with van der Waals surface area (Å²) in [6.45, 7) is 6.66. The fourth-order valence-corrected chi connectivity index (χ4v) is 1.51. The van der Waals surface area contributed by atoms with Gasteiger partial charge in [0.05, 0.1) is 0 Å². The number of fused-ring (bicyclic) bond motifs is 1. The van der Waals surface area contributed by atoms with Gasteiger partial charge in [-0.15, -0.1) is 6.58 Å². The lowest BCUT2D eigenvalue weighted by atomic mass is 10.2. The van der Waals surface area contributed by atoms with Gasteiger partial charge in [0, 0.05) is 30.4 Å². The number of nitrogens with zero attached hydrogens (tertiary/aromatic N) is 1. The number of nitrogens with one attached hydrogen (secondary N) is 2. The van der Waals surface area contributed by atoms with Crippen molar-refractivity contribution < 1.29 is 0 Å². The first-order chi connectivity index (χ1) is 7.31. The van der Waals surface area contributed by atoms with Crippen LogP contribution in [0.4, 0.5) is 0 Å². The number of pyridine rings is 1. The predicted octanol–water partition coefficient (Wildman–Crippen LogP) is 2.23. The molecule has 0 saturated carbocycles. The molecule has 0 fully saturated rings. The van der Waals surface area contributed by atoms with Gasteiger partial charge in [-0.05, 0) is 24.6 Å². The average Bonchev–Trinajstić information content (AvgIpc) is 2.69. The Kier molecular flexibility index (Phi) is 2.83. The van der Waals surface area contributed by atoms with Crippen molar-refractivity contribution in [2.75, 3.05) is 0 Å². The maximum Gasteiger partial charge on any atom is 0.137 e. The maximum absolute atomic E-state index is 4.25. The van der Waals surface area contributed by atoms with Gasteiger partial charge >= 0.3 is 0 Å². The smallest absolute Gasteiger partial charge is 0.137 e. The highest BCUT2D eigenvalue weighted by Gasteiger charge is 2.03. The third-order valence-corrected chi connectivity index (χ3v) is 2.50. The Labute approximate surface area is 89.2 Å². The van der Waals surface area contributed by atoms with Gasteiger partial charge in [-0.25, -0.2) is 4.98 Å². The molecule has 0 aliphatic carbocycles. The summed E-state index contributed by atoms with van der Waals surface area (Å²) in [5.41, 5.74) is 2.19. The van der Waals surface area contributed by atoms with Crippen LogP contribution in [0.25, 0.3) is 11.0 Å². The molecule has 2 aromatic heterocycles. The summed E-state index contributed by atoms with van der Waals surface area (Å²) in [6.07, 6.45) is 5.69. The van der Waals surface area contributed by atoms with Crippen LogP contribution in [0.5, 0.6) is 0 Å². The molecule has 0 amide bonds. The molecular weight excluding hydrogens is 186 g/mol. The van der Waals surface area contributed by atoms with Crippen molar-refractivity contribution in [3.8, 4) is 0 Å². The lowest BCUT2D eigenvalue weighted by molar-refractivity contribution is 0.636. The molecule has 2 aromatic rings. The highest BCUT2D eigenvalue weighted by Crippen LogP contribution is 2.15. The summed E-state index contributed by atoms with van der Waals surface area (Å²) in [4.78, 5) is 7.40. The molecule has 0 aliphatic rings. The van der Waals surface area contributed by atoms with Crippen LogP contribution in [0.3, 0.4) is 0 Å². The molecule has 2 heterocycles. The minimum atomic E-state index is 0.326. The molecule has 78 valence electrons. The molecule has 0 aromatic carbocycles. The Morgan fingerprint density at radius 3 is 3.33 bits per heavy atom. The standard InChI is InChI=1S/C12H15N3/c1-3-9(2)14-7-10-8-15-12-11(10)5-4-6-13-12/h3-6,8-9,14H,1,7H2,2H3,(H,13,15). The molecule has 15 heavy (non-hydrogen) atoms. The second-order valence-corrected chi connectivity index (χ2v) is 3.62. The van der Waals surface area contributed by atoms with E-state index in [9.17, 15) is 0 Å². The van der Waals surface area contributed by atoms with E-state index < -0.39 is 0 Å². The summed E-state index contributed by atoms with van der Waals surface area (Å²) in [5.74, 6) is 0. The van der Waals surface area contributed by atoms with Crippen LogP contribution in [0.15, 0.2) is 37.2 Å². The molecule has 1 unspecified atom stereocenters. The molecular formula is C12H15N3. The van der Waals surface area contributed by atoms with E-state index in [1.54, 1.807) is 6.20 Å². The minimum absolute atomic E-state index is 0.326. The number of aromatic nitrogens is 2. The van der Waals surface area contributed by atoms with Crippen LogP contribution >= 0.6 is 0 Å². The van der Waals surface area contributed by atoms with Crippen LogP contribution in [0.2, 0.25) is 0 Å².